The Hall–Kier alpha value is -1.32. The van der Waals surface area contributed by atoms with Crippen LogP contribution in [-0.4, -0.2) is 51.2 Å². The van der Waals surface area contributed by atoms with E-state index >= 15 is 0 Å². The van der Waals surface area contributed by atoms with E-state index in [-0.39, 0.29) is 0 Å². The van der Waals surface area contributed by atoms with Crippen LogP contribution in [0.3, 0.4) is 0 Å². The molecule has 1 aromatic carbocycles. The summed E-state index contributed by atoms with van der Waals surface area (Å²) in [5, 5.41) is 0. The third kappa shape index (κ3) is 8.53. The first-order valence-electron chi connectivity index (χ1n) is 5.73. The summed E-state index contributed by atoms with van der Waals surface area (Å²) < 4.78 is 63.6. The van der Waals surface area contributed by atoms with E-state index in [1.165, 1.54) is 5.56 Å². The van der Waals surface area contributed by atoms with E-state index in [4.69, 9.17) is 17.7 Å². The van der Waals surface area contributed by atoms with Crippen molar-refractivity contribution in [1.82, 2.24) is 0 Å². The molecule has 0 atom stereocenters. The van der Waals surface area contributed by atoms with Crippen molar-refractivity contribution in [1.29, 1.82) is 0 Å². The molecule has 122 valence electrons. The molecule has 0 aliphatic carbocycles. The van der Waals surface area contributed by atoms with Gasteiger partial charge in [0.15, 0.2) is 0 Å². The van der Waals surface area contributed by atoms with Gasteiger partial charge in [-0.15, -0.1) is 0 Å². The van der Waals surface area contributed by atoms with Crippen molar-refractivity contribution >= 4 is 10.1 Å². The van der Waals surface area contributed by atoms with Crippen LogP contribution in [0.2, 0.25) is 0 Å². The molecule has 0 heterocycles. The van der Waals surface area contributed by atoms with Gasteiger partial charge >= 0.3 is 15.6 Å². The van der Waals surface area contributed by atoms with E-state index in [1.54, 1.807) is 7.11 Å². The average molecular weight is 330 g/mol. The van der Waals surface area contributed by atoms with Gasteiger partial charge in [-0.2, -0.15) is 21.6 Å². The fourth-order valence-electron chi connectivity index (χ4n) is 1.28. The summed E-state index contributed by atoms with van der Waals surface area (Å²) in [5.41, 5.74) is -4.19. The SMILES string of the molecule is COc1ccc(C[N+](C)(C)C)cc1.O=S(=O)(O)C(F)(F)F. The molecule has 0 aliphatic heterocycles. The number of quaternary nitrogens is 1. The molecule has 0 bridgehead atoms. The molecule has 0 aliphatic rings. The third-order valence-electron chi connectivity index (χ3n) is 2.11. The summed E-state index contributed by atoms with van der Waals surface area (Å²) in [4.78, 5) is 0. The van der Waals surface area contributed by atoms with Crippen LogP contribution in [0.5, 0.6) is 5.75 Å². The molecule has 9 heteroatoms. The molecule has 0 amide bonds. The first-order chi connectivity index (χ1) is 9.26. The highest BCUT2D eigenvalue weighted by Gasteiger charge is 2.44. The number of methoxy groups -OCH3 is 1. The van der Waals surface area contributed by atoms with E-state index in [0.717, 1.165) is 16.8 Å². The summed E-state index contributed by atoms with van der Waals surface area (Å²) in [6.07, 6.45) is 0. The molecule has 0 fully saturated rings. The maximum Gasteiger partial charge on any atom is 0.522 e. The Morgan fingerprint density at radius 2 is 1.52 bits per heavy atom. The monoisotopic (exact) mass is 330 g/mol. The molecule has 0 spiro atoms. The van der Waals surface area contributed by atoms with Crippen LogP contribution >= 0.6 is 0 Å². The Bertz CT molecular complexity index is 533. The Labute approximate surface area is 122 Å². The van der Waals surface area contributed by atoms with Crippen molar-refractivity contribution < 1.29 is 35.4 Å². The highest BCUT2D eigenvalue weighted by molar-refractivity contribution is 7.86. The van der Waals surface area contributed by atoms with Gasteiger partial charge in [-0.25, -0.2) is 0 Å². The molecular formula is C12H19F3NO4S+. The number of ether oxygens (including phenoxy) is 1. The van der Waals surface area contributed by atoms with Crippen LogP contribution in [0.15, 0.2) is 24.3 Å². The fourth-order valence-corrected chi connectivity index (χ4v) is 1.28. The minimum Gasteiger partial charge on any atom is -0.497 e. The van der Waals surface area contributed by atoms with Gasteiger partial charge in [0.25, 0.3) is 0 Å². The third-order valence-corrected chi connectivity index (χ3v) is 2.69. The lowest BCUT2D eigenvalue weighted by molar-refractivity contribution is -0.884. The van der Waals surface area contributed by atoms with Crippen LogP contribution in [-0.2, 0) is 16.7 Å². The molecular weight excluding hydrogens is 311 g/mol. The van der Waals surface area contributed by atoms with Crippen molar-refractivity contribution in [3.05, 3.63) is 29.8 Å². The quantitative estimate of drug-likeness (QED) is 0.525. The van der Waals surface area contributed by atoms with E-state index in [2.05, 4.69) is 33.3 Å². The molecule has 21 heavy (non-hydrogen) atoms. The summed E-state index contributed by atoms with van der Waals surface area (Å²) in [6, 6.07) is 8.24. The lowest BCUT2D eigenvalue weighted by atomic mass is 10.2. The topological polar surface area (TPSA) is 63.6 Å². The van der Waals surface area contributed by atoms with Crippen molar-refractivity contribution in [3.8, 4) is 5.75 Å². The van der Waals surface area contributed by atoms with Crippen LogP contribution in [0.1, 0.15) is 5.56 Å². The zero-order valence-corrected chi connectivity index (χ0v) is 13.0. The van der Waals surface area contributed by atoms with Crippen molar-refractivity contribution in [2.45, 2.75) is 12.1 Å². The number of alkyl halides is 3. The second kappa shape index (κ2) is 7.10. The van der Waals surface area contributed by atoms with Crippen LogP contribution in [0, 0.1) is 0 Å². The Balaban J connectivity index is 0.000000433. The number of halogens is 3. The smallest absolute Gasteiger partial charge is 0.497 e. The predicted molar refractivity (Wildman–Crippen MR) is 72.3 cm³/mol. The second-order valence-electron chi connectivity index (χ2n) is 5.22. The van der Waals surface area contributed by atoms with E-state index in [1.807, 2.05) is 12.1 Å². The number of rotatable bonds is 3. The summed E-state index contributed by atoms with van der Waals surface area (Å²) in [6.45, 7) is 1.05. The first kappa shape index (κ1) is 19.7. The van der Waals surface area contributed by atoms with Gasteiger partial charge < -0.3 is 9.22 Å². The zero-order valence-electron chi connectivity index (χ0n) is 12.2. The lowest BCUT2D eigenvalue weighted by Gasteiger charge is -2.23. The van der Waals surface area contributed by atoms with Gasteiger partial charge in [-0.05, 0) is 24.3 Å². The summed E-state index contributed by atoms with van der Waals surface area (Å²) >= 11 is 0. The molecule has 0 saturated heterocycles. The molecule has 0 unspecified atom stereocenters. The van der Waals surface area contributed by atoms with Gasteiger partial charge in [-0.1, -0.05) is 0 Å². The standard InChI is InChI=1S/C11H18NO.CHF3O3S/c1-12(2,3)9-10-5-7-11(13-4)8-6-10;2-1(3,4)8(5,6)7/h5-8H,9H2,1-4H3;(H,5,6,7)/q+1;. The number of hydrogen-bond acceptors (Lipinski definition) is 3. The molecule has 5 nitrogen and oxygen atoms in total. The largest absolute Gasteiger partial charge is 0.522 e. The van der Waals surface area contributed by atoms with Crippen LogP contribution in [0.4, 0.5) is 13.2 Å². The lowest BCUT2D eigenvalue weighted by Crippen LogP contribution is -2.33. The predicted octanol–water partition coefficient (Wildman–Crippen LogP) is 2.30. The molecule has 1 rings (SSSR count). The highest BCUT2D eigenvalue weighted by atomic mass is 32.2. The van der Waals surface area contributed by atoms with Gasteiger partial charge in [0.1, 0.15) is 12.3 Å². The Morgan fingerprint density at radius 1 is 1.14 bits per heavy atom. The fraction of sp³-hybridized carbons (Fsp3) is 0.500. The maximum absolute atomic E-state index is 10.7. The number of benzene rings is 1. The Kier molecular flexibility index (Phi) is 6.65. The van der Waals surface area contributed by atoms with Gasteiger partial charge in [0.05, 0.1) is 28.3 Å². The normalized spacial score (nSPS) is 12.4. The second-order valence-corrected chi connectivity index (χ2v) is 6.63. The van der Waals surface area contributed by atoms with Gasteiger partial charge in [0.2, 0.25) is 0 Å². The molecule has 0 aromatic heterocycles. The highest BCUT2D eigenvalue weighted by Crippen LogP contribution is 2.20. The summed E-state index contributed by atoms with van der Waals surface area (Å²) in [5.74, 6) is 0.921. The van der Waals surface area contributed by atoms with Crippen LogP contribution in [0.25, 0.3) is 0 Å². The van der Waals surface area contributed by atoms with Crippen LogP contribution < -0.4 is 4.74 Å². The molecule has 1 aromatic rings. The molecule has 0 saturated carbocycles. The van der Waals surface area contributed by atoms with E-state index in [9.17, 15) is 13.2 Å². The van der Waals surface area contributed by atoms with Crippen molar-refractivity contribution in [2.75, 3.05) is 28.3 Å². The number of hydrogen-bond donors (Lipinski definition) is 1. The minimum atomic E-state index is -5.84. The number of nitrogens with zero attached hydrogens (tertiary/aromatic N) is 1. The zero-order chi connectivity index (χ0) is 16.9. The van der Waals surface area contributed by atoms with E-state index in [0.29, 0.717) is 0 Å². The molecule has 1 N–H and O–H groups in total. The molecule has 0 radical (unpaired) electrons. The summed E-state index contributed by atoms with van der Waals surface area (Å²) in [7, 11) is 2.40. The van der Waals surface area contributed by atoms with Gasteiger partial charge in [0, 0.05) is 5.56 Å². The van der Waals surface area contributed by atoms with Gasteiger partial charge in [-0.3, -0.25) is 4.55 Å². The Morgan fingerprint density at radius 3 is 1.76 bits per heavy atom. The maximum atomic E-state index is 10.7. The average Bonchev–Trinajstić information content (AvgIpc) is 2.26. The van der Waals surface area contributed by atoms with E-state index < -0.39 is 15.6 Å². The first-order valence-corrected chi connectivity index (χ1v) is 7.17. The van der Waals surface area contributed by atoms with Crippen molar-refractivity contribution in [2.24, 2.45) is 0 Å². The van der Waals surface area contributed by atoms with Crippen molar-refractivity contribution in [3.63, 3.8) is 0 Å². The minimum absolute atomic E-state index is 0.921.